The second-order valence-corrected chi connectivity index (χ2v) is 9.23. The van der Waals surface area contributed by atoms with Crippen LogP contribution in [-0.4, -0.2) is 16.4 Å². The van der Waals surface area contributed by atoms with E-state index in [0.717, 1.165) is 32.1 Å². The van der Waals surface area contributed by atoms with Gasteiger partial charge in [0.15, 0.2) is 11.6 Å². The third-order valence-electron chi connectivity index (χ3n) is 7.25. The van der Waals surface area contributed by atoms with Crippen LogP contribution in [0.2, 0.25) is 0 Å². The number of ketones is 2. The molecule has 6 atom stereocenters. The van der Waals surface area contributed by atoms with Crippen molar-refractivity contribution in [2.45, 2.75) is 50.8 Å². The summed E-state index contributed by atoms with van der Waals surface area (Å²) < 4.78 is 0. The van der Waals surface area contributed by atoms with Crippen molar-refractivity contribution in [1.29, 1.82) is 0 Å². The summed E-state index contributed by atoms with van der Waals surface area (Å²) in [6.07, 6.45) is 11.0. The van der Waals surface area contributed by atoms with E-state index in [9.17, 15) is 9.59 Å². The van der Waals surface area contributed by atoms with Gasteiger partial charge in [-0.3, -0.25) is 9.59 Å². The molecular weight excluding hydrogens is 340 g/mol. The largest absolute Gasteiger partial charge is 0.298 e. The Hall–Kier alpha value is -0.700. The lowest BCUT2D eigenvalue weighted by atomic mass is 9.48. The molecule has 0 aliphatic heterocycles. The zero-order chi connectivity index (χ0) is 15.7. The quantitative estimate of drug-likeness (QED) is 0.604. The summed E-state index contributed by atoms with van der Waals surface area (Å²) in [5, 5.41) is 0. The molecule has 3 heteroatoms. The van der Waals surface area contributed by atoms with Crippen LogP contribution >= 0.6 is 15.9 Å². The summed E-state index contributed by atoms with van der Waals surface area (Å²) in [5.74, 6) is 2.28. The maximum atomic E-state index is 12.6. The van der Waals surface area contributed by atoms with Crippen molar-refractivity contribution >= 4 is 27.5 Å². The average molecular weight is 363 g/mol. The van der Waals surface area contributed by atoms with Crippen LogP contribution in [0.15, 0.2) is 23.8 Å². The monoisotopic (exact) mass is 362 g/mol. The minimum absolute atomic E-state index is 0.0333. The molecule has 0 spiro atoms. The first-order valence-electron chi connectivity index (χ1n) is 8.49. The van der Waals surface area contributed by atoms with Crippen molar-refractivity contribution in [3.8, 4) is 0 Å². The first-order chi connectivity index (χ1) is 10.4. The fraction of sp³-hybridized carbons (Fsp3) is 0.684. The highest BCUT2D eigenvalue weighted by atomic mass is 79.9. The maximum absolute atomic E-state index is 12.6. The van der Waals surface area contributed by atoms with E-state index in [1.807, 2.05) is 6.08 Å². The Labute approximate surface area is 140 Å². The number of alkyl halides is 1. The van der Waals surface area contributed by atoms with Crippen LogP contribution in [0.25, 0.3) is 0 Å². The smallest absolute Gasteiger partial charge is 0.178 e. The molecule has 4 aliphatic rings. The van der Waals surface area contributed by atoms with E-state index < -0.39 is 0 Å². The molecule has 0 amide bonds. The molecule has 0 bridgehead atoms. The Kier molecular flexibility index (Phi) is 3.15. The molecule has 3 fully saturated rings. The lowest BCUT2D eigenvalue weighted by Crippen LogP contribution is -2.49. The van der Waals surface area contributed by atoms with Gasteiger partial charge in [-0.05, 0) is 62.0 Å². The molecular formula is C19H23BrO2. The minimum atomic E-state index is -0.124. The molecule has 118 valence electrons. The normalized spacial score (nSPS) is 50.2. The van der Waals surface area contributed by atoms with E-state index >= 15 is 0 Å². The van der Waals surface area contributed by atoms with Gasteiger partial charge in [0, 0.05) is 10.8 Å². The molecule has 22 heavy (non-hydrogen) atoms. The van der Waals surface area contributed by atoms with Gasteiger partial charge in [-0.1, -0.05) is 41.4 Å². The summed E-state index contributed by atoms with van der Waals surface area (Å²) in [7, 11) is 0. The van der Waals surface area contributed by atoms with Crippen LogP contribution in [0.3, 0.4) is 0 Å². The Bertz CT molecular complexity index is 619. The highest BCUT2D eigenvalue weighted by Crippen LogP contribution is 2.64. The van der Waals surface area contributed by atoms with Crippen LogP contribution < -0.4 is 0 Å². The van der Waals surface area contributed by atoms with E-state index in [0.29, 0.717) is 23.5 Å². The van der Waals surface area contributed by atoms with Gasteiger partial charge in [-0.15, -0.1) is 0 Å². The highest BCUT2D eigenvalue weighted by Gasteiger charge is 2.60. The zero-order valence-corrected chi connectivity index (χ0v) is 14.9. The Morgan fingerprint density at radius 1 is 1.18 bits per heavy atom. The van der Waals surface area contributed by atoms with Crippen LogP contribution in [0, 0.1) is 28.6 Å². The number of carbonyl (C=O) groups is 2. The van der Waals surface area contributed by atoms with Crippen LogP contribution in [0.4, 0.5) is 0 Å². The molecule has 2 nitrogen and oxygen atoms in total. The number of carbonyl (C=O) groups excluding carboxylic acids is 2. The number of halogens is 1. The molecule has 0 N–H and O–H groups in total. The third kappa shape index (κ3) is 1.78. The van der Waals surface area contributed by atoms with E-state index in [-0.39, 0.29) is 21.4 Å². The maximum Gasteiger partial charge on any atom is 0.178 e. The summed E-state index contributed by atoms with van der Waals surface area (Å²) in [4.78, 5) is 24.4. The number of Topliss-reactive ketones (excluding diaryl/α,β-unsaturated/α-hetero) is 1. The van der Waals surface area contributed by atoms with Crippen molar-refractivity contribution in [2.24, 2.45) is 28.6 Å². The lowest BCUT2D eigenvalue weighted by molar-refractivity contribution is -0.131. The Morgan fingerprint density at radius 2 is 1.95 bits per heavy atom. The molecule has 0 saturated heterocycles. The summed E-state index contributed by atoms with van der Waals surface area (Å²) in [6.45, 7) is 4.51. The summed E-state index contributed by atoms with van der Waals surface area (Å²) >= 11 is 3.62. The van der Waals surface area contributed by atoms with E-state index in [1.165, 1.54) is 5.57 Å². The first-order valence-corrected chi connectivity index (χ1v) is 9.40. The fourth-order valence-corrected chi connectivity index (χ4v) is 6.87. The predicted octanol–water partition coefficient (Wildman–Crippen LogP) is 4.24. The number of allylic oxidation sites excluding steroid dienone is 4. The van der Waals surface area contributed by atoms with Crippen molar-refractivity contribution < 1.29 is 9.59 Å². The second-order valence-electron chi connectivity index (χ2n) is 8.13. The Balaban J connectivity index is 1.72. The van der Waals surface area contributed by atoms with E-state index in [2.05, 4.69) is 35.9 Å². The molecule has 4 aliphatic carbocycles. The predicted molar refractivity (Wildman–Crippen MR) is 89.7 cm³/mol. The highest BCUT2D eigenvalue weighted by molar-refractivity contribution is 9.10. The summed E-state index contributed by atoms with van der Waals surface area (Å²) in [6, 6.07) is 0. The van der Waals surface area contributed by atoms with Gasteiger partial charge >= 0.3 is 0 Å². The van der Waals surface area contributed by atoms with Gasteiger partial charge in [-0.2, -0.15) is 0 Å². The number of hydrogen-bond donors (Lipinski definition) is 0. The van der Waals surface area contributed by atoms with Crippen molar-refractivity contribution in [3.05, 3.63) is 23.8 Å². The lowest BCUT2D eigenvalue weighted by Gasteiger charge is -2.55. The Morgan fingerprint density at radius 3 is 2.73 bits per heavy atom. The number of fused-ring (bicyclic) bond motifs is 5. The topological polar surface area (TPSA) is 34.1 Å². The number of hydrogen-bond acceptors (Lipinski definition) is 2. The molecule has 3 saturated carbocycles. The molecule has 0 aromatic carbocycles. The minimum Gasteiger partial charge on any atom is -0.298 e. The van der Waals surface area contributed by atoms with Gasteiger partial charge < -0.3 is 0 Å². The molecule has 4 rings (SSSR count). The average Bonchev–Trinajstić information content (AvgIpc) is 2.72. The fourth-order valence-electron chi connectivity index (χ4n) is 5.95. The van der Waals surface area contributed by atoms with Gasteiger partial charge in [-0.25, -0.2) is 0 Å². The second kappa shape index (κ2) is 4.66. The van der Waals surface area contributed by atoms with Gasteiger partial charge in [0.1, 0.15) is 0 Å². The number of rotatable bonds is 0. The molecule has 0 heterocycles. The third-order valence-corrected chi connectivity index (χ3v) is 8.04. The van der Waals surface area contributed by atoms with Gasteiger partial charge in [0.25, 0.3) is 0 Å². The molecule has 0 radical (unpaired) electrons. The van der Waals surface area contributed by atoms with E-state index in [4.69, 9.17) is 0 Å². The first kappa shape index (κ1) is 14.9. The van der Waals surface area contributed by atoms with Crippen molar-refractivity contribution in [1.82, 2.24) is 0 Å². The van der Waals surface area contributed by atoms with Crippen LogP contribution in [0.5, 0.6) is 0 Å². The molecule has 0 aromatic heterocycles. The van der Waals surface area contributed by atoms with Crippen molar-refractivity contribution in [3.63, 3.8) is 0 Å². The molecule has 1 unspecified atom stereocenters. The van der Waals surface area contributed by atoms with Crippen molar-refractivity contribution in [2.75, 3.05) is 0 Å². The SMILES string of the molecule is C[C@]12C=CC(=O)C=C1CC[C@@H]1[C@@H]2CC[C@]2(C)C(=O)C(Br)C[C@@H]12. The summed E-state index contributed by atoms with van der Waals surface area (Å²) in [5.41, 5.74) is 1.23. The molecule has 0 aromatic rings. The zero-order valence-electron chi connectivity index (χ0n) is 13.3. The van der Waals surface area contributed by atoms with Crippen LogP contribution in [-0.2, 0) is 9.59 Å². The van der Waals surface area contributed by atoms with Gasteiger partial charge in [0.05, 0.1) is 4.83 Å². The van der Waals surface area contributed by atoms with E-state index in [1.54, 1.807) is 6.08 Å². The van der Waals surface area contributed by atoms with Crippen LogP contribution in [0.1, 0.15) is 46.0 Å². The standard InChI is InChI=1S/C19H23BrO2/c1-18-7-5-12(21)9-11(18)3-4-13-14(18)6-8-19(2)15(13)10-16(20)17(19)22/h5,7,9,13-16H,3-4,6,8,10H2,1-2H3/t13-,14+,15+,16?,18+,19+/m1/s1. The van der Waals surface area contributed by atoms with Gasteiger partial charge in [0.2, 0.25) is 0 Å².